The van der Waals surface area contributed by atoms with Crippen LogP contribution in [0.15, 0.2) is 24.3 Å². The van der Waals surface area contributed by atoms with E-state index < -0.39 is 6.04 Å². The Balaban J connectivity index is 1.29. The molecule has 0 radical (unpaired) electrons. The Morgan fingerprint density at radius 3 is 2.37 bits per heavy atom. The zero-order valence-corrected chi connectivity index (χ0v) is 18.7. The minimum Gasteiger partial charge on any atom is -0.467 e. The zero-order valence-electron chi connectivity index (χ0n) is 17.9. The molecular formula is C23H33N3O3S. The number of benzene rings is 1. The second-order valence-corrected chi connectivity index (χ2v) is 9.70. The van der Waals surface area contributed by atoms with Gasteiger partial charge in [0.25, 0.3) is 0 Å². The second-order valence-electron chi connectivity index (χ2n) is 8.48. The molecule has 0 saturated carbocycles. The van der Waals surface area contributed by atoms with Crippen LogP contribution in [0.2, 0.25) is 0 Å². The molecule has 3 aliphatic heterocycles. The lowest BCUT2D eigenvalue weighted by Crippen LogP contribution is -2.47. The van der Waals surface area contributed by atoms with E-state index in [0.29, 0.717) is 19.4 Å². The number of anilines is 1. The minimum absolute atomic E-state index is 0.0103. The molecule has 3 aliphatic rings. The highest BCUT2D eigenvalue weighted by atomic mass is 32.2. The highest BCUT2D eigenvalue weighted by molar-refractivity contribution is 7.99. The number of amides is 1. The SMILES string of the molecule is COC(=O)[C@@H]1CCCN1C(=O)Cc1ccc(N2CCC(N3CCSCC3)CC2)cc1. The van der Waals surface area contributed by atoms with Crippen molar-refractivity contribution in [2.75, 3.05) is 56.2 Å². The zero-order chi connectivity index (χ0) is 20.9. The van der Waals surface area contributed by atoms with Gasteiger partial charge in [-0.2, -0.15) is 11.8 Å². The number of methoxy groups -OCH3 is 1. The molecule has 3 heterocycles. The van der Waals surface area contributed by atoms with Crippen LogP contribution in [0, 0.1) is 0 Å². The summed E-state index contributed by atoms with van der Waals surface area (Å²) in [6, 6.07) is 8.73. The van der Waals surface area contributed by atoms with Crippen LogP contribution in [0.1, 0.15) is 31.2 Å². The summed E-state index contributed by atoms with van der Waals surface area (Å²) in [6.45, 7) is 5.32. The van der Waals surface area contributed by atoms with E-state index >= 15 is 0 Å². The monoisotopic (exact) mass is 431 g/mol. The van der Waals surface area contributed by atoms with Crippen LogP contribution >= 0.6 is 11.8 Å². The number of hydrogen-bond donors (Lipinski definition) is 0. The molecule has 3 saturated heterocycles. The first kappa shape index (κ1) is 21.5. The number of hydrogen-bond acceptors (Lipinski definition) is 6. The summed E-state index contributed by atoms with van der Waals surface area (Å²) < 4.78 is 4.85. The van der Waals surface area contributed by atoms with Crippen molar-refractivity contribution in [1.82, 2.24) is 9.80 Å². The molecule has 6 nitrogen and oxygen atoms in total. The van der Waals surface area contributed by atoms with E-state index in [-0.39, 0.29) is 11.9 Å². The molecule has 0 bridgehead atoms. The van der Waals surface area contributed by atoms with E-state index in [0.717, 1.165) is 31.1 Å². The number of likely N-dealkylation sites (tertiary alicyclic amines) is 1. The molecule has 0 aromatic heterocycles. The topological polar surface area (TPSA) is 53.1 Å². The van der Waals surface area contributed by atoms with Crippen molar-refractivity contribution in [3.05, 3.63) is 29.8 Å². The molecule has 0 N–H and O–H groups in total. The third-order valence-electron chi connectivity index (χ3n) is 6.73. The Bertz CT molecular complexity index is 728. The van der Waals surface area contributed by atoms with Crippen LogP contribution in [0.5, 0.6) is 0 Å². The summed E-state index contributed by atoms with van der Waals surface area (Å²) in [4.78, 5) is 31.5. The van der Waals surface area contributed by atoms with E-state index in [4.69, 9.17) is 4.74 Å². The fraction of sp³-hybridized carbons (Fsp3) is 0.652. The lowest BCUT2D eigenvalue weighted by molar-refractivity contribution is -0.150. The average molecular weight is 432 g/mol. The van der Waals surface area contributed by atoms with E-state index in [2.05, 4.69) is 45.8 Å². The first-order valence-corrected chi connectivity index (χ1v) is 12.3. The molecule has 3 fully saturated rings. The van der Waals surface area contributed by atoms with Gasteiger partial charge in [0, 0.05) is 56.0 Å². The third-order valence-corrected chi connectivity index (χ3v) is 7.67. The maximum absolute atomic E-state index is 12.7. The van der Waals surface area contributed by atoms with Gasteiger partial charge in [0.15, 0.2) is 0 Å². The summed E-state index contributed by atoms with van der Waals surface area (Å²) in [6.07, 6.45) is 4.35. The summed E-state index contributed by atoms with van der Waals surface area (Å²) in [5.74, 6) is 2.26. The van der Waals surface area contributed by atoms with Gasteiger partial charge >= 0.3 is 5.97 Å². The molecule has 1 aromatic carbocycles. The number of piperidine rings is 1. The lowest BCUT2D eigenvalue weighted by atomic mass is 10.0. The lowest BCUT2D eigenvalue weighted by Gasteiger charge is -2.40. The maximum Gasteiger partial charge on any atom is 0.328 e. The summed E-state index contributed by atoms with van der Waals surface area (Å²) in [5.41, 5.74) is 2.24. The number of carbonyl (C=O) groups excluding carboxylic acids is 2. The summed E-state index contributed by atoms with van der Waals surface area (Å²) in [7, 11) is 1.39. The first-order valence-electron chi connectivity index (χ1n) is 11.2. The fourth-order valence-corrected chi connectivity index (χ4v) is 5.91. The predicted octanol–water partition coefficient (Wildman–Crippen LogP) is 2.41. The number of esters is 1. The smallest absolute Gasteiger partial charge is 0.328 e. The maximum atomic E-state index is 12.7. The Labute approximate surface area is 183 Å². The number of nitrogens with zero attached hydrogens (tertiary/aromatic N) is 3. The van der Waals surface area contributed by atoms with Gasteiger partial charge in [-0.05, 0) is 43.4 Å². The van der Waals surface area contributed by atoms with Gasteiger partial charge < -0.3 is 14.5 Å². The third kappa shape index (κ3) is 4.94. The van der Waals surface area contributed by atoms with E-state index in [9.17, 15) is 9.59 Å². The van der Waals surface area contributed by atoms with Gasteiger partial charge in [0.2, 0.25) is 5.91 Å². The molecule has 1 aromatic rings. The molecule has 4 rings (SSSR count). The van der Waals surface area contributed by atoms with E-state index in [1.54, 1.807) is 4.90 Å². The van der Waals surface area contributed by atoms with Gasteiger partial charge in [-0.3, -0.25) is 9.69 Å². The van der Waals surface area contributed by atoms with Crippen LogP contribution in [0.3, 0.4) is 0 Å². The Morgan fingerprint density at radius 1 is 1.00 bits per heavy atom. The van der Waals surface area contributed by atoms with Crippen molar-refractivity contribution >= 4 is 29.3 Å². The van der Waals surface area contributed by atoms with E-state index in [1.165, 1.54) is 50.2 Å². The highest BCUT2D eigenvalue weighted by Crippen LogP contribution is 2.25. The van der Waals surface area contributed by atoms with Crippen LogP contribution in [-0.4, -0.2) is 85.1 Å². The summed E-state index contributed by atoms with van der Waals surface area (Å²) >= 11 is 2.07. The number of ether oxygens (including phenoxy) is 1. The highest BCUT2D eigenvalue weighted by Gasteiger charge is 2.34. The molecule has 30 heavy (non-hydrogen) atoms. The Hall–Kier alpha value is -1.73. The quantitative estimate of drug-likeness (QED) is 0.668. The summed E-state index contributed by atoms with van der Waals surface area (Å²) in [5, 5.41) is 0. The number of carbonyl (C=O) groups is 2. The van der Waals surface area contributed by atoms with Crippen molar-refractivity contribution < 1.29 is 14.3 Å². The molecular weight excluding hydrogens is 398 g/mol. The van der Waals surface area contributed by atoms with Crippen molar-refractivity contribution in [3.63, 3.8) is 0 Å². The van der Waals surface area contributed by atoms with Gasteiger partial charge in [-0.1, -0.05) is 12.1 Å². The van der Waals surface area contributed by atoms with Gasteiger partial charge in [-0.25, -0.2) is 4.79 Å². The predicted molar refractivity (Wildman–Crippen MR) is 121 cm³/mol. The van der Waals surface area contributed by atoms with Crippen LogP contribution in [0.4, 0.5) is 5.69 Å². The molecule has 0 unspecified atom stereocenters. The first-order chi connectivity index (χ1) is 14.7. The minimum atomic E-state index is -0.415. The normalized spacial score (nSPS) is 23.6. The van der Waals surface area contributed by atoms with Crippen molar-refractivity contribution in [1.29, 1.82) is 0 Å². The molecule has 1 amide bonds. The largest absolute Gasteiger partial charge is 0.467 e. The fourth-order valence-electron chi connectivity index (χ4n) is 4.98. The standard InChI is InChI=1S/C23H33N3O3S/c1-29-23(28)21-3-2-10-26(21)22(27)17-18-4-6-19(7-5-18)24-11-8-20(9-12-24)25-13-15-30-16-14-25/h4-7,20-21H,2-3,8-17H2,1H3/t21-/m0/s1. The number of thioether (sulfide) groups is 1. The van der Waals surface area contributed by atoms with Gasteiger partial charge in [0.05, 0.1) is 13.5 Å². The van der Waals surface area contributed by atoms with Crippen molar-refractivity contribution in [2.45, 2.75) is 44.2 Å². The molecule has 0 spiro atoms. The van der Waals surface area contributed by atoms with Crippen LogP contribution in [-0.2, 0) is 20.7 Å². The Kier molecular flexibility index (Phi) is 7.20. The molecule has 0 aliphatic carbocycles. The van der Waals surface area contributed by atoms with Crippen molar-refractivity contribution in [2.24, 2.45) is 0 Å². The second kappa shape index (κ2) is 10.1. The number of rotatable bonds is 5. The van der Waals surface area contributed by atoms with Gasteiger partial charge in [0.1, 0.15) is 6.04 Å². The Morgan fingerprint density at radius 2 is 1.70 bits per heavy atom. The average Bonchev–Trinajstić information content (AvgIpc) is 3.30. The van der Waals surface area contributed by atoms with Crippen LogP contribution in [0.25, 0.3) is 0 Å². The van der Waals surface area contributed by atoms with Crippen LogP contribution < -0.4 is 4.90 Å². The van der Waals surface area contributed by atoms with E-state index in [1.807, 2.05) is 0 Å². The van der Waals surface area contributed by atoms with Gasteiger partial charge in [-0.15, -0.1) is 0 Å². The molecule has 164 valence electrons. The van der Waals surface area contributed by atoms with Crippen molar-refractivity contribution in [3.8, 4) is 0 Å². The molecule has 7 heteroatoms. The molecule has 1 atom stereocenters.